The van der Waals surface area contributed by atoms with E-state index in [0.29, 0.717) is 77.0 Å². The van der Waals surface area contributed by atoms with Crippen molar-refractivity contribution >= 4 is 80.7 Å². The van der Waals surface area contributed by atoms with Crippen molar-refractivity contribution in [1.29, 1.82) is 0 Å². The number of fused-ring (bicyclic) bond motifs is 2. The molecule has 19 heteroatoms. The van der Waals surface area contributed by atoms with Crippen LogP contribution in [0.15, 0.2) is 84.9 Å². The number of benzene rings is 4. The standard InChI is InChI=1S/2C21H18ClNO6.2H2O.Zn/c2*1-12-16(10-20(26)29-11-19(24)25)17-9-15(28-2)7-8-18(17)23(12)21(27)13-3-5-14(22)6-4-13;;;/h2*3-9H,10-11H2,1-2H3,(H,24,25);2*1H2;/q;;;;+2/p-2. The molecule has 0 bridgehead atoms. The van der Waals surface area contributed by atoms with Crippen LogP contribution >= 0.6 is 23.2 Å². The molecule has 0 amide bonds. The van der Waals surface area contributed by atoms with Crippen molar-refractivity contribution in [1.82, 2.24) is 9.13 Å². The van der Waals surface area contributed by atoms with Gasteiger partial charge in [0, 0.05) is 43.3 Å². The molecular weight excluding hydrogens is 893 g/mol. The Kier molecular flexibility index (Phi) is 18.8. The Morgan fingerprint density at radius 3 is 1.18 bits per heavy atom. The Labute approximate surface area is 370 Å². The molecular formula is C42H38Cl2N2O14Zn. The molecule has 0 aliphatic heterocycles. The number of ether oxygens (including phenoxy) is 4. The van der Waals surface area contributed by atoms with Crippen LogP contribution in [-0.2, 0) is 61.0 Å². The van der Waals surface area contributed by atoms with E-state index >= 15 is 0 Å². The number of hydrogen-bond acceptors (Lipinski definition) is 12. The first-order valence-corrected chi connectivity index (χ1v) is 18.1. The molecule has 0 unspecified atom stereocenters. The van der Waals surface area contributed by atoms with Crippen LogP contribution in [0.5, 0.6) is 11.5 Å². The van der Waals surface area contributed by atoms with E-state index in [1.807, 2.05) is 0 Å². The van der Waals surface area contributed by atoms with Crippen molar-refractivity contribution in [2.75, 3.05) is 27.4 Å². The Balaban J connectivity index is 0.000000400. The molecule has 0 saturated heterocycles. The number of carboxylic acids is 2. The van der Waals surface area contributed by atoms with Gasteiger partial charge in [-0.3, -0.25) is 28.3 Å². The molecule has 61 heavy (non-hydrogen) atoms. The average molecular weight is 931 g/mol. The molecule has 4 aromatic carbocycles. The van der Waals surface area contributed by atoms with Crippen LogP contribution in [0.25, 0.3) is 21.8 Å². The quantitative estimate of drug-likeness (QED) is 0.127. The van der Waals surface area contributed by atoms with Crippen LogP contribution in [0.4, 0.5) is 0 Å². The Morgan fingerprint density at radius 2 is 0.885 bits per heavy atom. The number of esters is 2. The number of aliphatic carboxylic acids is 2. The largest absolute Gasteiger partial charge is 2.00 e. The summed E-state index contributed by atoms with van der Waals surface area (Å²) in [5.74, 6) is -3.92. The van der Waals surface area contributed by atoms with Crippen molar-refractivity contribution in [3.63, 3.8) is 0 Å². The molecule has 316 valence electrons. The smallest absolute Gasteiger partial charge is 0.546 e. The van der Waals surface area contributed by atoms with Gasteiger partial charge in [0.15, 0.2) is 0 Å². The summed E-state index contributed by atoms with van der Waals surface area (Å²) in [6, 6.07) is 23.3. The molecule has 2 aromatic heterocycles. The van der Waals surface area contributed by atoms with Gasteiger partial charge in [-0.2, -0.15) is 0 Å². The summed E-state index contributed by atoms with van der Waals surface area (Å²) in [6.07, 6.45) is -0.409. The number of methoxy groups -OCH3 is 2. The topological polar surface area (TPSA) is 258 Å². The first-order chi connectivity index (χ1) is 27.6. The van der Waals surface area contributed by atoms with Gasteiger partial charge in [-0.25, -0.2) is 0 Å². The fraction of sp³-hybridized carbons (Fsp3) is 0.190. The normalized spacial score (nSPS) is 10.2. The average Bonchev–Trinajstić information content (AvgIpc) is 3.63. The summed E-state index contributed by atoms with van der Waals surface area (Å²) in [5, 5.41) is 23.3. The van der Waals surface area contributed by atoms with Crippen LogP contribution in [0.2, 0.25) is 10.0 Å². The Morgan fingerprint density at radius 1 is 0.557 bits per heavy atom. The first kappa shape index (κ1) is 51.0. The third kappa shape index (κ3) is 12.0. The predicted octanol–water partition coefficient (Wildman–Crippen LogP) is 2.62. The molecule has 0 fully saturated rings. The van der Waals surface area contributed by atoms with Crippen molar-refractivity contribution in [3.05, 3.63) is 129 Å². The molecule has 0 radical (unpaired) electrons. The zero-order valence-electron chi connectivity index (χ0n) is 33.2. The van der Waals surface area contributed by atoms with E-state index in [-0.39, 0.29) is 55.1 Å². The maximum Gasteiger partial charge on any atom is 2.00 e. The number of carbonyl (C=O) groups excluding carboxylic acids is 6. The maximum absolute atomic E-state index is 13.1. The van der Waals surface area contributed by atoms with E-state index < -0.39 is 37.1 Å². The number of carboxylic acid groups (broad SMARTS) is 2. The van der Waals surface area contributed by atoms with Gasteiger partial charge < -0.3 is 49.7 Å². The van der Waals surface area contributed by atoms with Crippen LogP contribution in [0.3, 0.4) is 0 Å². The number of hydrogen-bond donors (Lipinski definition) is 0. The fourth-order valence-corrected chi connectivity index (χ4v) is 6.51. The van der Waals surface area contributed by atoms with E-state index in [0.717, 1.165) is 0 Å². The van der Waals surface area contributed by atoms with Crippen molar-refractivity contribution in [2.45, 2.75) is 26.7 Å². The van der Waals surface area contributed by atoms with Crippen molar-refractivity contribution < 1.29 is 88.4 Å². The third-order valence-electron chi connectivity index (χ3n) is 9.02. The molecule has 0 saturated carbocycles. The molecule has 6 aromatic rings. The van der Waals surface area contributed by atoms with E-state index in [1.165, 1.54) is 23.4 Å². The maximum atomic E-state index is 13.1. The summed E-state index contributed by atoms with van der Waals surface area (Å²) >= 11 is 11.8. The third-order valence-corrected chi connectivity index (χ3v) is 9.52. The number of rotatable bonds is 12. The van der Waals surface area contributed by atoms with Gasteiger partial charge >= 0.3 is 31.4 Å². The van der Waals surface area contributed by atoms with Gasteiger partial charge in [0.1, 0.15) is 24.7 Å². The molecule has 0 spiro atoms. The van der Waals surface area contributed by atoms with E-state index in [1.54, 1.807) is 98.8 Å². The number of halogens is 2. The summed E-state index contributed by atoms with van der Waals surface area (Å²) in [7, 11) is 3.02. The first-order valence-electron chi connectivity index (χ1n) is 17.3. The SMILES string of the molecule is COc1ccc2c(c1)c(CC(=O)OCC(=O)[O-])c(C)n2C(=O)c1ccc(Cl)cc1.COc1ccc2c(c1)c(CC(=O)OCC(=O)[O-])c(C)n2C(=O)c1ccc(Cl)cc1.O.O.[Zn+2]. The zero-order chi connectivity index (χ0) is 42.3. The number of aromatic nitrogens is 2. The summed E-state index contributed by atoms with van der Waals surface area (Å²) < 4.78 is 22.9. The van der Waals surface area contributed by atoms with Crippen molar-refractivity contribution in [2.24, 2.45) is 0 Å². The molecule has 4 N–H and O–H groups in total. The Hall–Kier alpha value is -6.10. The van der Waals surface area contributed by atoms with Gasteiger partial charge in [0.2, 0.25) is 0 Å². The van der Waals surface area contributed by atoms with Crippen molar-refractivity contribution in [3.8, 4) is 11.5 Å². The summed E-state index contributed by atoms with van der Waals surface area (Å²) in [5.41, 5.74) is 4.20. The van der Waals surface area contributed by atoms with Crippen LogP contribution < -0.4 is 19.7 Å². The molecule has 2 heterocycles. The minimum Gasteiger partial charge on any atom is -0.546 e. The number of nitrogens with zero attached hydrogens (tertiary/aromatic N) is 2. The molecule has 16 nitrogen and oxygen atoms in total. The second-order valence-electron chi connectivity index (χ2n) is 12.6. The molecule has 0 aliphatic rings. The molecule has 0 aliphatic carbocycles. The Bertz CT molecular complexity index is 2390. The van der Waals surface area contributed by atoms with Crippen LogP contribution in [0.1, 0.15) is 43.2 Å². The van der Waals surface area contributed by atoms with Gasteiger partial charge in [-0.1, -0.05) is 23.2 Å². The van der Waals surface area contributed by atoms with E-state index in [9.17, 15) is 39.0 Å². The van der Waals surface area contributed by atoms with Gasteiger partial charge in [-0.05, 0) is 110 Å². The second-order valence-corrected chi connectivity index (χ2v) is 13.5. The monoisotopic (exact) mass is 928 g/mol. The van der Waals surface area contributed by atoms with E-state index in [2.05, 4.69) is 0 Å². The van der Waals surface area contributed by atoms with Gasteiger partial charge in [0.25, 0.3) is 11.8 Å². The van der Waals surface area contributed by atoms with Crippen LogP contribution in [0, 0.1) is 13.8 Å². The second kappa shape index (κ2) is 22.5. The van der Waals surface area contributed by atoms with Crippen LogP contribution in [-0.4, -0.2) is 83.2 Å². The zero-order valence-corrected chi connectivity index (χ0v) is 37.6. The predicted molar refractivity (Wildman–Crippen MR) is 215 cm³/mol. The fourth-order valence-electron chi connectivity index (χ4n) is 6.26. The summed E-state index contributed by atoms with van der Waals surface area (Å²) in [4.78, 5) is 71.6. The minimum absolute atomic E-state index is 0. The summed E-state index contributed by atoms with van der Waals surface area (Å²) in [6.45, 7) is 1.76. The molecule has 0 atom stereocenters. The minimum atomic E-state index is -1.49. The van der Waals surface area contributed by atoms with E-state index in [4.69, 9.17) is 42.1 Å². The number of carbonyl (C=O) groups is 6. The van der Waals surface area contributed by atoms with Gasteiger partial charge in [0.05, 0.1) is 50.0 Å². The van der Waals surface area contributed by atoms with Gasteiger partial charge in [-0.15, -0.1) is 0 Å². The molecule has 6 rings (SSSR count).